The van der Waals surface area contributed by atoms with Gasteiger partial charge in [0, 0.05) is 18.8 Å². The normalized spacial score (nSPS) is 12.4. The van der Waals surface area contributed by atoms with E-state index in [9.17, 15) is 18.0 Å². The zero-order chi connectivity index (χ0) is 18.7. The molecule has 0 aliphatic heterocycles. The van der Waals surface area contributed by atoms with E-state index in [1.54, 1.807) is 13.8 Å². The number of carbonyl (C=O) groups excluding carboxylic acids is 2. The minimum Gasteiger partial charge on any atom is -0.466 e. The van der Waals surface area contributed by atoms with E-state index in [4.69, 9.17) is 9.47 Å². The molecule has 0 fully saturated rings. The second kappa shape index (κ2) is 10.8. The smallest absolute Gasteiger partial charge is 0.324 e. The first-order chi connectivity index (χ1) is 11.9. The Morgan fingerprint density at radius 1 is 1.04 bits per heavy atom. The molecule has 1 aromatic heterocycles. The van der Waals surface area contributed by atoms with Crippen LogP contribution in [-0.4, -0.2) is 48.8 Å². The van der Waals surface area contributed by atoms with E-state index < -0.39 is 21.1 Å². The van der Waals surface area contributed by atoms with Crippen molar-refractivity contribution >= 4 is 21.8 Å². The lowest BCUT2D eigenvalue weighted by molar-refractivity contribution is -0.144. The van der Waals surface area contributed by atoms with Crippen LogP contribution in [0.4, 0.5) is 0 Å². The Balaban J connectivity index is 2.69. The second-order valence-electron chi connectivity index (χ2n) is 5.22. The largest absolute Gasteiger partial charge is 0.466 e. The lowest BCUT2D eigenvalue weighted by Crippen LogP contribution is -2.33. The van der Waals surface area contributed by atoms with Crippen LogP contribution in [-0.2, 0) is 28.9 Å². The van der Waals surface area contributed by atoms with Crippen LogP contribution in [0.1, 0.15) is 46.0 Å². The summed E-state index contributed by atoms with van der Waals surface area (Å²) in [7, 11) is -4.02. The van der Waals surface area contributed by atoms with Crippen molar-refractivity contribution in [3.05, 3.63) is 18.5 Å². The van der Waals surface area contributed by atoms with Gasteiger partial charge in [-0.1, -0.05) is 12.8 Å². The van der Waals surface area contributed by atoms with Crippen molar-refractivity contribution < 1.29 is 27.5 Å². The Labute approximate surface area is 147 Å². The van der Waals surface area contributed by atoms with Crippen molar-refractivity contribution in [2.45, 2.75) is 56.4 Å². The van der Waals surface area contributed by atoms with E-state index in [2.05, 4.69) is 9.97 Å². The average Bonchev–Trinajstić information content (AvgIpc) is 2.59. The molecular weight excluding hydrogens is 348 g/mol. The second-order valence-corrected chi connectivity index (χ2v) is 7.25. The van der Waals surface area contributed by atoms with Gasteiger partial charge in [-0.15, -0.1) is 0 Å². The number of carbonyl (C=O) groups is 2. The molecule has 0 bridgehead atoms. The average molecular weight is 372 g/mol. The third-order valence-electron chi connectivity index (χ3n) is 3.37. The van der Waals surface area contributed by atoms with Gasteiger partial charge in [0.1, 0.15) is 0 Å². The number of hydrogen-bond acceptors (Lipinski definition) is 8. The Hall–Kier alpha value is -2.03. The summed E-state index contributed by atoms with van der Waals surface area (Å²) in [5.74, 6) is -1.09. The topological polar surface area (TPSA) is 113 Å². The molecule has 25 heavy (non-hydrogen) atoms. The summed E-state index contributed by atoms with van der Waals surface area (Å²) in [4.78, 5) is 30.8. The van der Waals surface area contributed by atoms with Gasteiger partial charge < -0.3 is 9.47 Å². The summed E-state index contributed by atoms with van der Waals surface area (Å²) < 4.78 is 34.9. The number of nitrogens with zero attached hydrogens (tertiary/aromatic N) is 2. The molecule has 1 rings (SSSR count). The first-order valence-corrected chi connectivity index (χ1v) is 9.81. The summed E-state index contributed by atoms with van der Waals surface area (Å²) in [5, 5.41) is -1.74. The molecule has 1 atom stereocenters. The summed E-state index contributed by atoms with van der Waals surface area (Å²) in [6.07, 6.45) is 4.59. The molecule has 0 saturated heterocycles. The number of hydrogen-bond donors (Lipinski definition) is 0. The summed E-state index contributed by atoms with van der Waals surface area (Å²) in [6.45, 7) is 3.76. The van der Waals surface area contributed by atoms with Crippen molar-refractivity contribution in [2.75, 3.05) is 13.2 Å². The Morgan fingerprint density at radius 3 is 2.28 bits per heavy atom. The maximum absolute atomic E-state index is 12.6. The predicted molar refractivity (Wildman–Crippen MR) is 89.4 cm³/mol. The lowest BCUT2D eigenvalue weighted by Gasteiger charge is -2.15. The van der Waals surface area contributed by atoms with Crippen LogP contribution < -0.4 is 0 Å². The molecule has 0 saturated carbocycles. The van der Waals surface area contributed by atoms with Gasteiger partial charge in [-0.3, -0.25) is 9.59 Å². The maximum Gasteiger partial charge on any atom is 0.324 e. The zero-order valence-electron chi connectivity index (χ0n) is 14.5. The highest BCUT2D eigenvalue weighted by atomic mass is 32.2. The van der Waals surface area contributed by atoms with E-state index in [0.717, 1.165) is 0 Å². The van der Waals surface area contributed by atoms with Crippen LogP contribution in [0.15, 0.2) is 23.6 Å². The number of aromatic nitrogens is 2. The highest BCUT2D eigenvalue weighted by Crippen LogP contribution is 2.19. The standard InChI is InChI=1S/C16H24N2O6S/c1-3-23-14(19)10-7-5-6-9-13(15(20)24-4-2)25(21,22)16-17-11-8-12-18-16/h8,11-13H,3-7,9-10H2,1-2H3. The zero-order valence-corrected chi connectivity index (χ0v) is 15.3. The first kappa shape index (κ1) is 21.0. The molecule has 8 nitrogen and oxygen atoms in total. The quantitative estimate of drug-likeness (QED) is 0.328. The molecule has 0 radical (unpaired) electrons. The van der Waals surface area contributed by atoms with Gasteiger partial charge in [0.15, 0.2) is 5.25 Å². The van der Waals surface area contributed by atoms with E-state index in [1.165, 1.54) is 18.5 Å². The van der Waals surface area contributed by atoms with Gasteiger partial charge >= 0.3 is 11.9 Å². The van der Waals surface area contributed by atoms with Crippen LogP contribution in [0.2, 0.25) is 0 Å². The van der Waals surface area contributed by atoms with E-state index >= 15 is 0 Å². The van der Waals surface area contributed by atoms with Gasteiger partial charge in [0.2, 0.25) is 15.0 Å². The molecule has 0 amide bonds. The van der Waals surface area contributed by atoms with Gasteiger partial charge in [-0.05, 0) is 32.8 Å². The molecule has 140 valence electrons. The molecule has 0 aromatic carbocycles. The number of esters is 2. The molecular formula is C16H24N2O6S. The third-order valence-corrected chi connectivity index (χ3v) is 5.27. The van der Waals surface area contributed by atoms with Crippen LogP contribution in [0, 0.1) is 0 Å². The minimum atomic E-state index is -4.02. The molecule has 1 aromatic rings. The van der Waals surface area contributed by atoms with Crippen molar-refractivity contribution in [1.82, 2.24) is 9.97 Å². The van der Waals surface area contributed by atoms with Crippen molar-refractivity contribution in [3.63, 3.8) is 0 Å². The van der Waals surface area contributed by atoms with Gasteiger partial charge in [0.05, 0.1) is 13.2 Å². The maximum atomic E-state index is 12.6. The molecule has 0 spiro atoms. The fourth-order valence-corrected chi connectivity index (χ4v) is 3.67. The first-order valence-electron chi connectivity index (χ1n) is 8.26. The van der Waals surface area contributed by atoms with Crippen LogP contribution in [0.25, 0.3) is 0 Å². The number of rotatable bonds is 11. The summed E-state index contributed by atoms with van der Waals surface area (Å²) in [6, 6.07) is 1.49. The summed E-state index contributed by atoms with van der Waals surface area (Å²) in [5.41, 5.74) is 0. The number of sulfone groups is 1. The lowest BCUT2D eigenvalue weighted by atomic mass is 10.1. The predicted octanol–water partition coefficient (Wildman–Crippen LogP) is 1.70. The molecule has 1 heterocycles. The van der Waals surface area contributed by atoms with Crippen LogP contribution in [0.3, 0.4) is 0 Å². The molecule has 0 N–H and O–H groups in total. The highest BCUT2D eigenvalue weighted by Gasteiger charge is 2.36. The van der Waals surface area contributed by atoms with E-state index in [-0.39, 0.29) is 30.6 Å². The summed E-state index contributed by atoms with van der Waals surface area (Å²) >= 11 is 0. The van der Waals surface area contributed by atoms with Crippen molar-refractivity contribution in [1.29, 1.82) is 0 Å². The molecule has 0 aliphatic rings. The van der Waals surface area contributed by atoms with Gasteiger partial charge in [-0.2, -0.15) is 0 Å². The highest BCUT2D eigenvalue weighted by molar-refractivity contribution is 7.92. The van der Waals surface area contributed by atoms with Gasteiger partial charge in [-0.25, -0.2) is 18.4 Å². The van der Waals surface area contributed by atoms with Crippen LogP contribution in [0.5, 0.6) is 0 Å². The van der Waals surface area contributed by atoms with Crippen LogP contribution >= 0.6 is 0 Å². The van der Waals surface area contributed by atoms with E-state index in [0.29, 0.717) is 25.9 Å². The van der Waals surface area contributed by atoms with Crippen molar-refractivity contribution in [2.24, 2.45) is 0 Å². The molecule has 9 heteroatoms. The van der Waals surface area contributed by atoms with E-state index in [1.807, 2.05) is 0 Å². The molecule has 1 unspecified atom stereocenters. The molecule has 0 aliphatic carbocycles. The monoisotopic (exact) mass is 372 g/mol. The Bertz CT molecular complexity index is 648. The fraction of sp³-hybridized carbons (Fsp3) is 0.625. The number of ether oxygens (including phenoxy) is 2. The fourth-order valence-electron chi connectivity index (χ4n) is 2.20. The van der Waals surface area contributed by atoms with Gasteiger partial charge in [0.25, 0.3) is 0 Å². The third kappa shape index (κ3) is 6.77. The minimum absolute atomic E-state index is 0.0856. The van der Waals surface area contributed by atoms with Crippen molar-refractivity contribution in [3.8, 4) is 0 Å². The Morgan fingerprint density at radius 2 is 1.68 bits per heavy atom. The number of unbranched alkanes of at least 4 members (excludes halogenated alkanes) is 2. The Kier molecular flexibility index (Phi) is 9.04. The SMILES string of the molecule is CCOC(=O)CCCCCC(C(=O)OCC)S(=O)(=O)c1ncccn1.